The van der Waals surface area contributed by atoms with E-state index in [9.17, 15) is 14.4 Å². The minimum Gasteiger partial charge on any atom is -0.480 e. The Morgan fingerprint density at radius 3 is 2.50 bits per heavy atom. The molecule has 0 aliphatic carbocycles. The monoisotopic (exact) mass is 362 g/mol. The van der Waals surface area contributed by atoms with Crippen LogP contribution < -0.4 is 10.6 Å². The number of carbonyl (C=O) groups excluding carboxylic acids is 2. The van der Waals surface area contributed by atoms with Crippen molar-refractivity contribution in [3.8, 4) is 0 Å². The molecular formula is C11H11IN2O4. The number of benzene rings is 1. The number of carboxylic acid groups (broad SMARTS) is 1. The lowest BCUT2D eigenvalue weighted by atomic mass is 10.2. The van der Waals surface area contributed by atoms with E-state index in [-0.39, 0.29) is 12.5 Å². The zero-order chi connectivity index (χ0) is 13.5. The van der Waals surface area contributed by atoms with E-state index >= 15 is 0 Å². The summed E-state index contributed by atoms with van der Waals surface area (Å²) in [5.41, 5.74) is 0.452. The maximum absolute atomic E-state index is 11.6. The normalized spacial score (nSPS) is 9.61. The molecule has 0 heterocycles. The van der Waals surface area contributed by atoms with Crippen LogP contribution in [0, 0.1) is 3.57 Å². The Labute approximate surface area is 117 Å². The minimum absolute atomic E-state index is 0.252. The Morgan fingerprint density at radius 1 is 1.17 bits per heavy atom. The number of aliphatic carboxylic acids is 1. The standard InChI is InChI=1S/C11H11IN2O4/c12-8-3-1-2-7(4-8)11(18)14-5-9(15)13-6-10(16)17/h1-4H,5-6H2,(H,13,15)(H,14,18)(H,16,17). The molecule has 0 unspecified atom stereocenters. The second-order valence-electron chi connectivity index (χ2n) is 3.36. The third-order valence-corrected chi connectivity index (χ3v) is 2.60. The van der Waals surface area contributed by atoms with E-state index in [1.54, 1.807) is 18.2 Å². The van der Waals surface area contributed by atoms with Crippen LogP contribution in [0.25, 0.3) is 0 Å². The zero-order valence-corrected chi connectivity index (χ0v) is 11.4. The van der Waals surface area contributed by atoms with Gasteiger partial charge in [0, 0.05) is 9.13 Å². The molecule has 0 saturated heterocycles. The first-order valence-corrected chi connectivity index (χ1v) is 6.09. The molecule has 2 amide bonds. The minimum atomic E-state index is -1.13. The highest BCUT2D eigenvalue weighted by molar-refractivity contribution is 14.1. The van der Waals surface area contributed by atoms with Crippen molar-refractivity contribution in [3.05, 3.63) is 33.4 Å². The Hall–Kier alpha value is -1.64. The Kier molecular flexibility index (Phi) is 5.56. The Morgan fingerprint density at radius 2 is 1.89 bits per heavy atom. The summed E-state index contributed by atoms with van der Waals surface area (Å²) >= 11 is 2.08. The highest BCUT2D eigenvalue weighted by Crippen LogP contribution is 2.07. The SMILES string of the molecule is O=C(O)CNC(=O)CNC(=O)c1cccc(I)c1. The van der Waals surface area contributed by atoms with Crippen molar-refractivity contribution >= 4 is 40.4 Å². The van der Waals surface area contributed by atoms with Crippen molar-refractivity contribution in [2.75, 3.05) is 13.1 Å². The molecule has 0 bridgehead atoms. The fraction of sp³-hybridized carbons (Fsp3) is 0.182. The van der Waals surface area contributed by atoms with Crippen molar-refractivity contribution < 1.29 is 19.5 Å². The summed E-state index contributed by atoms with van der Waals surface area (Å²) in [6.07, 6.45) is 0. The van der Waals surface area contributed by atoms with Crippen molar-refractivity contribution in [1.29, 1.82) is 0 Å². The molecule has 1 rings (SSSR count). The molecule has 3 N–H and O–H groups in total. The van der Waals surface area contributed by atoms with Gasteiger partial charge >= 0.3 is 5.97 Å². The van der Waals surface area contributed by atoms with Gasteiger partial charge in [-0.3, -0.25) is 14.4 Å². The average Bonchev–Trinajstić information content (AvgIpc) is 2.33. The molecule has 96 valence electrons. The first kappa shape index (κ1) is 14.4. The first-order valence-electron chi connectivity index (χ1n) is 5.01. The molecule has 1 aromatic rings. The summed E-state index contributed by atoms with van der Waals surface area (Å²) in [4.78, 5) is 33.0. The van der Waals surface area contributed by atoms with Crippen LogP contribution in [-0.4, -0.2) is 36.0 Å². The smallest absolute Gasteiger partial charge is 0.322 e. The molecule has 7 heteroatoms. The fourth-order valence-electron chi connectivity index (χ4n) is 1.13. The van der Waals surface area contributed by atoms with Crippen LogP contribution in [0.1, 0.15) is 10.4 Å². The molecule has 0 saturated carbocycles. The van der Waals surface area contributed by atoms with Gasteiger partial charge < -0.3 is 15.7 Å². The molecule has 0 aromatic heterocycles. The lowest BCUT2D eigenvalue weighted by Crippen LogP contribution is -2.39. The van der Waals surface area contributed by atoms with Crippen LogP contribution >= 0.6 is 22.6 Å². The van der Waals surface area contributed by atoms with Gasteiger partial charge in [0.25, 0.3) is 5.91 Å². The molecule has 0 fully saturated rings. The summed E-state index contributed by atoms with van der Waals surface area (Å²) in [6.45, 7) is -0.713. The predicted molar refractivity (Wildman–Crippen MR) is 72.1 cm³/mol. The predicted octanol–water partition coefficient (Wildman–Crippen LogP) is 0.222. The number of amides is 2. The summed E-state index contributed by atoms with van der Waals surface area (Å²) in [5.74, 6) is -2.05. The molecule has 6 nitrogen and oxygen atoms in total. The molecule has 0 aliphatic heterocycles. The average molecular weight is 362 g/mol. The summed E-state index contributed by atoms with van der Waals surface area (Å²) < 4.78 is 0.913. The van der Waals surface area contributed by atoms with E-state index in [1.807, 2.05) is 6.07 Å². The van der Waals surface area contributed by atoms with Gasteiger partial charge in [-0.2, -0.15) is 0 Å². The molecule has 0 aliphatic rings. The lowest BCUT2D eigenvalue weighted by molar-refractivity contribution is -0.137. The quantitative estimate of drug-likeness (QED) is 0.654. The van der Waals surface area contributed by atoms with Crippen molar-refractivity contribution in [1.82, 2.24) is 10.6 Å². The van der Waals surface area contributed by atoms with Crippen molar-refractivity contribution in [2.24, 2.45) is 0 Å². The number of hydrogen-bond donors (Lipinski definition) is 3. The summed E-state index contributed by atoms with van der Waals surface area (Å²) in [5, 5.41) is 12.9. The van der Waals surface area contributed by atoms with E-state index in [4.69, 9.17) is 5.11 Å². The van der Waals surface area contributed by atoms with Gasteiger partial charge in [-0.15, -0.1) is 0 Å². The molecule has 0 radical (unpaired) electrons. The van der Waals surface area contributed by atoms with Gasteiger partial charge in [0.05, 0.1) is 6.54 Å². The van der Waals surface area contributed by atoms with Crippen LogP contribution in [0.5, 0.6) is 0 Å². The van der Waals surface area contributed by atoms with E-state index in [1.165, 1.54) is 0 Å². The largest absolute Gasteiger partial charge is 0.480 e. The lowest BCUT2D eigenvalue weighted by Gasteiger charge is -2.05. The van der Waals surface area contributed by atoms with Gasteiger partial charge in [0.2, 0.25) is 5.91 Å². The maximum Gasteiger partial charge on any atom is 0.322 e. The van der Waals surface area contributed by atoms with Crippen LogP contribution in [-0.2, 0) is 9.59 Å². The molecule has 18 heavy (non-hydrogen) atoms. The fourth-order valence-corrected chi connectivity index (χ4v) is 1.67. The second-order valence-corrected chi connectivity index (χ2v) is 4.61. The van der Waals surface area contributed by atoms with Crippen LogP contribution in [0.4, 0.5) is 0 Å². The zero-order valence-electron chi connectivity index (χ0n) is 9.27. The molecule has 0 spiro atoms. The number of nitrogens with one attached hydrogen (secondary N) is 2. The van der Waals surface area contributed by atoms with Crippen molar-refractivity contribution in [3.63, 3.8) is 0 Å². The summed E-state index contributed by atoms with van der Waals surface area (Å²) in [6, 6.07) is 6.90. The van der Waals surface area contributed by atoms with Gasteiger partial charge in [-0.25, -0.2) is 0 Å². The van der Waals surface area contributed by atoms with E-state index < -0.39 is 18.4 Å². The number of carbonyl (C=O) groups is 3. The van der Waals surface area contributed by atoms with E-state index in [0.717, 1.165) is 3.57 Å². The van der Waals surface area contributed by atoms with Gasteiger partial charge in [0.1, 0.15) is 6.54 Å². The van der Waals surface area contributed by atoms with Crippen LogP contribution in [0.3, 0.4) is 0 Å². The molecule has 1 aromatic carbocycles. The number of rotatable bonds is 5. The third kappa shape index (κ3) is 5.13. The van der Waals surface area contributed by atoms with Gasteiger partial charge in [-0.1, -0.05) is 6.07 Å². The van der Waals surface area contributed by atoms with Crippen molar-refractivity contribution in [2.45, 2.75) is 0 Å². The first-order chi connectivity index (χ1) is 8.49. The number of carboxylic acids is 1. The van der Waals surface area contributed by atoms with E-state index in [2.05, 4.69) is 33.2 Å². The molecular weight excluding hydrogens is 351 g/mol. The summed E-state index contributed by atoms with van der Waals surface area (Å²) in [7, 11) is 0. The van der Waals surface area contributed by atoms with Gasteiger partial charge in [0.15, 0.2) is 0 Å². The number of hydrogen-bond acceptors (Lipinski definition) is 3. The Balaban J connectivity index is 2.42. The molecule has 0 atom stereocenters. The maximum atomic E-state index is 11.6. The number of halogens is 1. The van der Waals surface area contributed by atoms with E-state index in [0.29, 0.717) is 5.56 Å². The topological polar surface area (TPSA) is 95.5 Å². The third-order valence-electron chi connectivity index (χ3n) is 1.93. The van der Waals surface area contributed by atoms with Gasteiger partial charge in [-0.05, 0) is 40.8 Å². The van der Waals surface area contributed by atoms with Crippen LogP contribution in [0.15, 0.2) is 24.3 Å². The second kappa shape index (κ2) is 6.94. The van der Waals surface area contributed by atoms with Crippen LogP contribution in [0.2, 0.25) is 0 Å². The Bertz CT molecular complexity index is 476. The highest BCUT2D eigenvalue weighted by Gasteiger charge is 2.08. The highest BCUT2D eigenvalue weighted by atomic mass is 127.